The standard InChI is InChI=1S/C15H17N3O2S/c1-11(17-13-7-3-4-8-14(13)20-2)15(19)18-16-10-12-6-5-9-21-12/h3-11,17H,1-2H3,(H,18,19)/b16-10+. The van der Waals surface area contributed by atoms with Crippen molar-refractivity contribution in [2.45, 2.75) is 13.0 Å². The average Bonchev–Trinajstić information content (AvgIpc) is 3.01. The minimum atomic E-state index is -0.429. The molecule has 0 saturated heterocycles. The highest BCUT2D eigenvalue weighted by Crippen LogP contribution is 2.23. The number of ether oxygens (including phenoxy) is 1. The van der Waals surface area contributed by atoms with Crippen molar-refractivity contribution < 1.29 is 9.53 Å². The Kier molecular flexibility index (Phi) is 5.34. The number of hydrogen-bond acceptors (Lipinski definition) is 5. The third kappa shape index (κ3) is 4.32. The molecule has 1 aromatic carbocycles. The number of amides is 1. The molecule has 0 aliphatic rings. The monoisotopic (exact) mass is 303 g/mol. The van der Waals surface area contributed by atoms with E-state index in [4.69, 9.17) is 4.74 Å². The van der Waals surface area contributed by atoms with Gasteiger partial charge in [-0.15, -0.1) is 11.3 Å². The van der Waals surface area contributed by atoms with Crippen LogP contribution in [0.25, 0.3) is 0 Å². The third-order valence-corrected chi connectivity index (χ3v) is 3.59. The Bertz CT molecular complexity index is 611. The van der Waals surface area contributed by atoms with Gasteiger partial charge in [-0.3, -0.25) is 4.79 Å². The second-order valence-corrected chi connectivity index (χ2v) is 5.30. The molecule has 1 unspecified atom stereocenters. The van der Waals surface area contributed by atoms with Crippen LogP contribution < -0.4 is 15.5 Å². The molecular weight excluding hydrogens is 286 g/mol. The largest absolute Gasteiger partial charge is 0.495 e. The zero-order valence-electron chi connectivity index (χ0n) is 11.9. The van der Waals surface area contributed by atoms with E-state index in [0.717, 1.165) is 10.6 Å². The normalized spacial score (nSPS) is 12.1. The molecule has 2 rings (SSSR count). The summed E-state index contributed by atoms with van der Waals surface area (Å²) in [5, 5.41) is 8.98. The summed E-state index contributed by atoms with van der Waals surface area (Å²) in [5.41, 5.74) is 3.28. The maximum atomic E-state index is 12.0. The van der Waals surface area contributed by atoms with E-state index in [1.54, 1.807) is 31.6 Å². The van der Waals surface area contributed by atoms with Crippen LogP contribution in [0, 0.1) is 0 Å². The van der Waals surface area contributed by atoms with E-state index in [0.29, 0.717) is 5.75 Å². The smallest absolute Gasteiger partial charge is 0.262 e. The Morgan fingerprint density at radius 2 is 2.14 bits per heavy atom. The van der Waals surface area contributed by atoms with Crippen molar-refractivity contribution in [1.82, 2.24) is 5.43 Å². The van der Waals surface area contributed by atoms with Gasteiger partial charge in [0, 0.05) is 4.88 Å². The zero-order valence-corrected chi connectivity index (χ0v) is 12.7. The summed E-state index contributed by atoms with van der Waals surface area (Å²) in [6.07, 6.45) is 1.62. The SMILES string of the molecule is COc1ccccc1NC(C)C(=O)N/N=C/c1cccs1. The molecule has 6 heteroatoms. The van der Waals surface area contributed by atoms with Crippen LogP contribution in [-0.2, 0) is 4.79 Å². The fourth-order valence-corrected chi connectivity index (χ4v) is 2.27. The molecule has 2 aromatic rings. The predicted octanol–water partition coefficient (Wildman–Crippen LogP) is 2.71. The molecule has 0 spiro atoms. The molecule has 5 nitrogen and oxygen atoms in total. The summed E-state index contributed by atoms with van der Waals surface area (Å²) in [6, 6.07) is 10.9. The molecule has 110 valence electrons. The Morgan fingerprint density at radius 1 is 1.33 bits per heavy atom. The number of carbonyl (C=O) groups is 1. The van der Waals surface area contributed by atoms with Gasteiger partial charge in [-0.1, -0.05) is 18.2 Å². The Hall–Kier alpha value is -2.34. The molecule has 0 radical (unpaired) electrons. The lowest BCUT2D eigenvalue weighted by Gasteiger charge is -2.15. The van der Waals surface area contributed by atoms with Gasteiger partial charge in [0.1, 0.15) is 11.8 Å². The summed E-state index contributed by atoms with van der Waals surface area (Å²) in [4.78, 5) is 12.9. The van der Waals surface area contributed by atoms with Gasteiger partial charge in [-0.25, -0.2) is 5.43 Å². The van der Waals surface area contributed by atoms with Crippen molar-refractivity contribution in [3.05, 3.63) is 46.7 Å². The van der Waals surface area contributed by atoms with E-state index in [-0.39, 0.29) is 5.91 Å². The maximum absolute atomic E-state index is 12.0. The Balaban J connectivity index is 1.90. The van der Waals surface area contributed by atoms with E-state index in [9.17, 15) is 4.79 Å². The number of nitrogens with zero attached hydrogens (tertiary/aromatic N) is 1. The van der Waals surface area contributed by atoms with Crippen molar-refractivity contribution in [3.8, 4) is 5.75 Å². The van der Waals surface area contributed by atoms with Crippen molar-refractivity contribution in [1.29, 1.82) is 0 Å². The maximum Gasteiger partial charge on any atom is 0.262 e. The first-order valence-electron chi connectivity index (χ1n) is 6.46. The highest BCUT2D eigenvalue weighted by atomic mass is 32.1. The number of methoxy groups -OCH3 is 1. The number of benzene rings is 1. The first-order chi connectivity index (χ1) is 10.2. The first-order valence-corrected chi connectivity index (χ1v) is 7.34. The summed E-state index contributed by atoms with van der Waals surface area (Å²) >= 11 is 1.56. The van der Waals surface area contributed by atoms with E-state index in [1.807, 2.05) is 41.8 Å². The van der Waals surface area contributed by atoms with Gasteiger partial charge in [-0.05, 0) is 30.5 Å². The lowest BCUT2D eigenvalue weighted by molar-refractivity contribution is -0.121. The highest BCUT2D eigenvalue weighted by Gasteiger charge is 2.13. The molecule has 2 N–H and O–H groups in total. The third-order valence-electron chi connectivity index (χ3n) is 2.78. The number of hydrazone groups is 1. The van der Waals surface area contributed by atoms with Crippen LogP contribution in [0.2, 0.25) is 0 Å². The number of rotatable bonds is 6. The number of nitrogens with one attached hydrogen (secondary N) is 2. The fraction of sp³-hybridized carbons (Fsp3) is 0.200. The minimum absolute atomic E-state index is 0.214. The van der Waals surface area contributed by atoms with Crippen LogP contribution in [0.3, 0.4) is 0 Å². The molecule has 1 atom stereocenters. The number of hydrogen-bond donors (Lipinski definition) is 2. The van der Waals surface area contributed by atoms with Crippen molar-refractivity contribution in [2.24, 2.45) is 5.10 Å². The van der Waals surface area contributed by atoms with E-state index >= 15 is 0 Å². The summed E-state index contributed by atoms with van der Waals surface area (Å²) in [7, 11) is 1.59. The molecule has 0 fully saturated rings. The fourth-order valence-electron chi connectivity index (χ4n) is 1.68. The van der Waals surface area contributed by atoms with E-state index in [1.165, 1.54) is 0 Å². The van der Waals surface area contributed by atoms with Crippen LogP contribution in [-0.4, -0.2) is 25.3 Å². The lowest BCUT2D eigenvalue weighted by atomic mass is 10.2. The van der Waals surface area contributed by atoms with Crippen LogP contribution in [0.5, 0.6) is 5.75 Å². The van der Waals surface area contributed by atoms with Gasteiger partial charge < -0.3 is 10.1 Å². The lowest BCUT2D eigenvalue weighted by Crippen LogP contribution is -2.35. The van der Waals surface area contributed by atoms with Gasteiger partial charge in [-0.2, -0.15) is 5.10 Å². The van der Waals surface area contributed by atoms with E-state index in [2.05, 4.69) is 15.8 Å². The zero-order chi connectivity index (χ0) is 15.1. The van der Waals surface area contributed by atoms with Gasteiger partial charge in [0.25, 0.3) is 5.91 Å². The van der Waals surface area contributed by atoms with Crippen molar-refractivity contribution >= 4 is 29.1 Å². The van der Waals surface area contributed by atoms with Crippen LogP contribution >= 0.6 is 11.3 Å². The Morgan fingerprint density at radius 3 is 2.86 bits per heavy atom. The molecule has 21 heavy (non-hydrogen) atoms. The highest BCUT2D eigenvalue weighted by molar-refractivity contribution is 7.11. The molecule has 0 aliphatic heterocycles. The van der Waals surface area contributed by atoms with Crippen LogP contribution in [0.4, 0.5) is 5.69 Å². The molecule has 0 saturated carbocycles. The average molecular weight is 303 g/mol. The van der Waals surface area contributed by atoms with Gasteiger partial charge >= 0.3 is 0 Å². The second kappa shape index (κ2) is 7.44. The molecule has 1 aromatic heterocycles. The predicted molar refractivity (Wildman–Crippen MR) is 86.1 cm³/mol. The first kappa shape index (κ1) is 15.1. The van der Waals surface area contributed by atoms with Crippen LogP contribution in [0.1, 0.15) is 11.8 Å². The second-order valence-electron chi connectivity index (χ2n) is 4.32. The van der Waals surface area contributed by atoms with Gasteiger partial charge in [0.2, 0.25) is 0 Å². The molecule has 0 bridgehead atoms. The molecule has 1 heterocycles. The topological polar surface area (TPSA) is 62.7 Å². The number of para-hydroxylation sites is 2. The van der Waals surface area contributed by atoms with Crippen molar-refractivity contribution in [3.63, 3.8) is 0 Å². The number of thiophene rings is 1. The summed E-state index contributed by atoms with van der Waals surface area (Å²) < 4.78 is 5.23. The van der Waals surface area contributed by atoms with Crippen molar-refractivity contribution in [2.75, 3.05) is 12.4 Å². The summed E-state index contributed by atoms with van der Waals surface area (Å²) in [5.74, 6) is 0.480. The number of anilines is 1. The van der Waals surface area contributed by atoms with Crippen LogP contribution in [0.15, 0.2) is 46.9 Å². The quantitative estimate of drug-likeness (QED) is 0.637. The molecular formula is C15H17N3O2S. The minimum Gasteiger partial charge on any atom is -0.495 e. The summed E-state index contributed by atoms with van der Waals surface area (Å²) in [6.45, 7) is 1.77. The van der Waals surface area contributed by atoms with Gasteiger partial charge in [0.05, 0.1) is 19.0 Å². The molecule has 0 aliphatic carbocycles. The van der Waals surface area contributed by atoms with E-state index < -0.39 is 6.04 Å². The number of carbonyl (C=O) groups excluding carboxylic acids is 1. The molecule has 1 amide bonds. The van der Waals surface area contributed by atoms with Gasteiger partial charge in [0.15, 0.2) is 0 Å². The Labute approximate surface area is 127 Å².